The molecule has 0 aliphatic heterocycles. The van der Waals surface area contributed by atoms with E-state index >= 15 is 0 Å². The molecule has 0 aromatic carbocycles. The summed E-state index contributed by atoms with van der Waals surface area (Å²) in [7, 11) is -3.31. The Labute approximate surface area is 127 Å². The van der Waals surface area contributed by atoms with Crippen LogP contribution in [0.4, 0.5) is 5.82 Å². The maximum Gasteiger partial charge on any atom is 0.200 e. The van der Waals surface area contributed by atoms with E-state index in [4.69, 9.17) is 0 Å². The lowest BCUT2D eigenvalue weighted by atomic mass is 10.0. The van der Waals surface area contributed by atoms with Gasteiger partial charge in [-0.2, -0.15) is 0 Å². The van der Waals surface area contributed by atoms with Crippen molar-refractivity contribution in [3.63, 3.8) is 0 Å². The molecule has 21 heavy (non-hydrogen) atoms. The van der Waals surface area contributed by atoms with Crippen molar-refractivity contribution in [2.45, 2.75) is 62.6 Å². The molecule has 1 saturated carbocycles. The summed E-state index contributed by atoms with van der Waals surface area (Å²) in [5.74, 6) is 1.26. The Kier molecular flexibility index (Phi) is 5.56. The van der Waals surface area contributed by atoms with E-state index in [0.717, 1.165) is 45.1 Å². The van der Waals surface area contributed by atoms with E-state index in [0.29, 0.717) is 11.7 Å². The molecule has 118 valence electrons. The Morgan fingerprint density at radius 3 is 2.48 bits per heavy atom. The van der Waals surface area contributed by atoms with E-state index in [2.05, 4.69) is 29.4 Å². The van der Waals surface area contributed by atoms with E-state index in [1.54, 1.807) is 12.1 Å². The summed E-state index contributed by atoms with van der Waals surface area (Å²) in [5, 5.41) is 10.9. The highest BCUT2D eigenvalue weighted by atomic mass is 32.2. The fraction of sp³-hybridized carbons (Fsp3) is 0.733. The smallest absolute Gasteiger partial charge is 0.200 e. The summed E-state index contributed by atoms with van der Waals surface area (Å²) in [6.45, 7) is 5.14. The largest absolute Gasteiger partial charge is 0.369 e. The van der Waals surface area contributed by atoms with Crippen molar-refractivity contribution in [3.8, 4) is 0 Å². The van der Waals surface area contributed by atoms with E-state index in [-0.39, 0.29) is 10.3 Å². The Morgan fingerprint density at radius 1 is 1.19 bits per heavy atom. The number of rotatable bonds is 6. The van der Waals surface area contributed by atoms with Crippen LogP contribution in [-0.4, -0.2) is 30.4 Å². The van der Waals surface area contributed by atoms with Gasteiger partial charge in [0, 0.05) is 6.54 Å². The number of nitrogens with zero attached hydrogens (tertiary/aromatic N) is 2. The summed E-state index contributed by atoms with van der Waals surface area (Å²) >= 11 is 0. The van der Waals surface area contributed by atoms with Gasteiger partial charge < -0.3 is 5.32 Å². The van der Waals surface area contributed by atoms with Gasteiger partial charge in [0.15, 0.2) is 14.9 Å². The van der Waals surface area contributed by atoms with Gasteiger partial charge in [0.2, 0.25) is 0 Å². The predicted molar refractivity (Wildman–Crippen MR) is 84.0 cm³/mol. The molecule has 1 heterocycles. The number of anilines is 1. The lowest BCUT2D eigenvalue weighted by Crippen LogP contribution is -2.25. The standard InChI is InChI=1S/C15H25N3O2S/c1-12(2)10-11-16-14-8-9-15(18-17-14)21(19,20)13-6-4-3-5-7-13/h8-9,12-13H,3-7,10-11H2,1-2H3,(H,16,17). The number of nitrogens with one attached hydrogen (secondary N) is 1. The van der Waals surface area contributed by atoms with Gasteiger partial charge in [0.05, 0.1) is 5.25 Å². The van der Waals surface area contributed by atoms with Crippen LogP contribution in [0.15, 0.2) is 17.2 Å². The molecular weight excluding hydrogens is 286 g/mol. The van der Waals surface area contributed by atoms with Crippen LogP contribution in [-0.2, 0) is 9.84 Å². The molecule has 1 aliphatic carbocycles. The number of hydrogen-bond acceptors (Lipinski definition) is 5. The van der Waals surface area contributed by atoms with E-state index in [9.17, 15) is 8.42 Å². The normalized spacial score (nSPS) is 17.1. The second kappa shape index (κ2) is 7.20. The van der Waals surface area contributed by atoms with Crippen molar-refractivity contribution in [1.29, 1.82) is 0 Å². The molecule has 1 fully saturated rings. The maximum absolute atomic E-state index is 12.5. The zero-order valence-corrected chi connectivity index (χ0v) is 13.7. The van der Waals surface area contributed by atoms with Crippen LogP contribution in [0, 0.1) is 5.92 Å². The fourth-order valence-electron chi connectivity index (χ4n) is 2.60. The maximum atomic E-state index is 12.5. The van der Waals surface area contributed by atoms with Crippen molar-refractivity contribution < 1.29 is 8.42 Å². The highest BCUT2D eigenvalue weighted by molar-refractivity contribution is 7.92. The minimum absolute atomic E-state index is 0.115. The van der Waals surface area contributed by atoms with E-state index in [1.165, 1.54) is 0 Å². The lowest BCUT2D eigenvalue weighted by molar-refractivity contribution is 0.481. The number of sulfone groups is 1. The van der Waals surface area contributed by atoms with Crippen molar-refractivity contribution in [1.82, 2.24) is 10.2 Å². The monoisotopic (exact) mass is 311 g/mol. The van der Waals surface area contributed by atoms with Gasteiger partial charge in [-0.1, -0.05) is 33.1 Å². The summed E-state index contributed by atoms with van der Waals surface area (Å²) in [6, 6.07) is 3.29. The van der Waals surface area contributed by atoms with Gasteiger partial charge in [-0.25, -0.2) is 8.42 Å². The minimum Gasteiger partial charge on any atom is -0.369 e. The molecule has 5 nitrogen and oxygen atoms in total. The van der Waals surface area contributed by atoms with Gasteiger partial charge in [-0.3, -0.25) is 0 Å². The first kappa shape index (κ1) is 16.2. The topological polar surface area (TPSA) is 72.0 Å². The van der Waals surface area contributed by atoms with Gasteiger partial charge in [-0.15, -0.1) is 10.2 Å². The van der Waals surface area contributed by atoms with Crippen molar-refractivity contribution in [3.05, 3.63) is 12.1 Å². The second-order valence-corrected chi connectivity index (χ2v) is 8.35. The molecular formula is C15H25N3O2S. The molecule has 6 heteroatoms. The number of hydrogen-bond donors (Lipinski definition) is 1. The van der Waals surface area contributed by atoms with E-state index in [1.807, 2.05) is 0 Å². The zero-order valence-electron chi connectivity index (χ0n) is 12.9. The van der Waals surface area contributed by atoms with Crippen molar-refractivity contribution in [2.24, 2.45) is 5.92 Å². The van der Waals surface area contributed by atoms with Crippen LogP contribution in [0.1, 0.15) is 52.4 Å². The molecule has 0 saturated heterocycles. The van der Waals surface area contributed by atoms with E-state index < -0.39 is 9.84 Å². The van der Waals surface area contributed by atoms with Crippen molar-refractivity contribution >= 4 is 15.7 Å². The zero-order chi connectivity index (χ0) is 15.3. The molecule has 0 amide bonds. The first-order chi connectivity index (χ1) is 10.00. The van der Waals surface area contributed by atoms with Crippen LogP contribution in [0.5, 0.6) is 0 Å². The third-order valence-corrected chi connectivity index (χ3v) is 6.10. The summed E-state index contributed by atoms with van der Waals surface area (Å²) in [4.78, 5) is 0. The van der Waals surface area contributed by atoms with Gasteiger partial charge in [-0.05, 0) is 37.3 Å². The molecule has 0 spiro atoms. The predicted octanol–water partition coefficient (Wildman–Crippen LogP) is 3.04. The average molecular weight is 311 g/mol. The summed E-state index contributed by atoms with van der Waals surface area (Å²) in [5.41, 5.74) is 0. The SMILES string of the molecule is CC(C)CCNc1ccc(S(=O)(=O)C2CCCCC2)nn1. The van der Waals surface area contributed by atoms with Crippen LogP contribution in [0.3, 0.4) is 0 Å². The van der Waals surface area contributed by atoms with Gasteiger partial charge in [0.1, 0.15) is 5.82 Å². The molecule has 0 bridgehead atoms. The van der Waals surface area contributed by atoms with Gasteiger partial charge >= 0.3 is 0 Å². The second-order valence-electron chi connectivity index (χ2n) is 6.17. The lowest BCUT2D eigenvalue weighted by Gasteiger charge is -2.20. The molecule has 0 unspecified atom stereocenters. The molecule has 1 aliphatic rings. The third-order valence-electron chi connectivity index (χ3n) is 3.95. The number of aromatic nitrogens is 2. The summed E-state index contributed by atoms with van der Waals surface area (Å²) in [6.07, 6.45) is 5.66. The quantitative estimate of drug-likeness (QED) is 0.874. The third kappa shape index (κ3) is 4.40. The van der Waals surface area contributed by atoms with Crippen LogP contribution in [0.2, 0.25) is 0 Å². The molecule has 2 rings (SSSR count). The minimum atomic E-state index is -3.31. The Bertz CT molecular complexity index is 535. The molecule has 0 radical (unpaired) electrons. The Hall–Kier alpha value is -1.17. The summed E-state index contributed by atoms with van der Waals surface area (Å²) < 4.78 is 25.0. The fourth-order valence-corrected chi connectivity index (χ4v) is 4.31. The first-order valence-corrected chi connectivity index (χ1v) is 9.36. The molecule has 1 aromatic heterocycles. The first-order valence-electron chi connectivity index (χ1n) is 7.81. The van der Waals surface area contributed by atoms with Crippen LogP contribution in [0.25, 0.3) is 0 Å². The molecule has 1 aromatic rings. The highest BCUT2D eigenvalue weighted by Crippen LogP contribution is 2.27. The Balaban J connectivity index is 2.00. The van der Waals surface area contributed by atoms with Crippen molar-refractivity contribution in [2.75, 3.05) is 11.9 Å². The molecule has 0 atom stereocenters. The van der Waals surface area contributed by atoms with Crippen LogP contribution >= 0.6 is 0 Å². The highest BCUT2D eigenvalue weighted by Gasteiger charge is 2.30. The van der Waals surface area contributed by atoms with Gasteiger partial charge in [0.25, 0.3) is 0 Å². The van der Waals surface area contributed by atoms with Crippen LogP contribution < -0.4 is 5.32 Å². The Morgan fingerprint density at radius 2 is 1.90 bits per heavy atom. The average Bonchev–Trinajstić information content (AvgIpc) is 2.48. The molecule has 1 N–H and O–H groups in total.